The molecule has 0 heterocycles. The van der Waals surface area contributed by atoms with Crippen LogP contribution in [0.5, 0.6) is 0 Å². The van der Waals surface area contributed by atoms with Gasteiger partial charge in [-0.25, -0.2) is 4.79 Å². The second-order valence-electron chi connectivity index (χ2n) is 3.66. The molecular weight excluding hydrogens is 218 g/mol. The maximum Gasteiger partial charge on any atom is 0.355 e. The molecule has 17 heavy (non-hydrogen) atoms. The van der Waals surface area contributed by atoms with Gasteiger partial charge in [0.1, 0.15) is 6.61 Å². The summed E-state index contributed by atoms with van der Waals surface area (Å²) in [6.07, 6.45) is 0. The summed E-state index contributed by atoms with van der Waals surface area (Å²) >= 11 is 0. The van der Waals surface area contributed by atoms with Crippen molar-refractivity contribution in [2.75, 3.05) is 6.61 Å². The molecule has 1 aromatic carbocycles. The zero-order valence-electron chi connectivity index (χ0n) is 10.4. The number of hydrogen-bond acceptors (Lipinski definition) is 4. The van der Waals surface area contributed by atoms with Crippen molar-refractivity contribution in [3.63, 3.8) is 0 Å². The smallest absolute Gasteiger partial charge is 0.355 e. The summed E-state index contributed by atoms with van der Waals surface area (Å²) in [5.74, 6) is -0.447. The van der Waals surface area contributed by atoms with E-state index in [0.29, 0.717) is 13.2 Å². The summed E-state index contributed by atoms with van der Waals surface area (Å²) in [7, 11) is 0. The number of ether oxygens (including phenoxy) is 1. The van der Waals surface area contributed by atoms with Gasteiger partial charge >= 0.3 is 5.97 Å². The molecule has 0 aliphatic rings. The van der Waals surface area contributed by atoms with E-state index in [4.69, 9.17) is 9.57 Å². The Morgan fingerprint density at radius 3 is 2.82 bits per heavy atom. The molecular formula is C13H17NO3. The number of hydrogen-bond donors (Lipinski definition) is 0. The van der Waals surface area contributed by atoms with Gasteiger partial charge in [-0.2, -0.15) is 0 Å². The Balaban J connectivity index is 2.46. The minimum atomic E-state index is -0.447. The van der Waals surface area contributed by atoms with E-state index < -0.39 is 5.97 Å². The molecule has 1 rings (SSSR count). The molecule has 0 spiro atoms. The molecule has 0 N–H and O–H groups in total. The highest BCUT2D eigenvalue weighted by Crippen LogP contribution is 2.05. The van der Waals surface area contributed by atoms with Crippen LogP contribution in [-0.2, 0) is 21.0 Å². The minimum Gasteiger partial charge on any atom is -0.461 e. The lowest BCUT2D eigenvalue weighted by molar-refractivity contribution is -0.135. The number of rotatable bonds is 5. The molecule has 4 nitrogen and oxygen atoms in total. The summed E-state index contributed by atoms with van der Waals surface area (Å²) in [6.45, 7) is 6.01. The van der Waals surface area contributed by atoms with E-state index in [1.165, 1.54) is 0 Å². The highest BCUT2D eigenvalue weighted by Gasteiger charge is 2.06. The number of carbonyl (C=O) groups is 1. The third-order valence-electron chi connectivity index (χ3n) is 2.09. The second kappa shape index (κ2) is 6.68. The van der Waals surface area contributed by atoms with Crippen LogP contribution < -0.4 is 0 Å². The summed E-state index contributed by atoms with van der Waals surface area (Å²) in [5, 5.41) is 3.71. The molecule has 0 radical (unpaired) electrons. The summed E-state index contributed by atoms with van der Waals surface area (Å²) < 4.78 is 4.78. The monoisotopic (exact) mass is 235 g/mol. The number of nitrogens with zero attached hydrogens (tertiary/aromatic N) is 1. The lowest BCUT2D eigenvalue weighted by Crippen LogP contribution is -2.14. The number of carbonyl (C=O) groups excluding carboxylic acids is 1. The topological polar surface area (TPSA) is 47.9 Å². The number of aryl methyl sites for hydroxylation is 1. The van der Waals surface area contributed by atoms with Gasteiger partial charge in [-0.15, -0.1) is 0 Å². The van der Waals surface area contributed by atoms with Crippen molar-refractivity contribution in [1.82, 2.24) is 0 Å². The van der Waals surface area contributed by atoms with Gasteiger partial charge in [0.05, 0.1) is 6.61 Å². The van der Waals surface area contributed by atoms with Gasteiger partial charge in [-0.3, -0.25) is 0 Å². The number of esters is 1. The van der Waals surface area contributed by atoms with E-state index >= 15 is 0 Å². The Bertz CT molecular complexity index is 413. The van der Waals surface area contributed by atoms with Crippen LogP contribution in [0.2, 0.25) is 0 Å². The van der Waals surface area contributed by atoms with E-state index in [9.17, 15) is 4.79 Å². The predicted octanol–water partition coefficient (Wildman–Crippen LogP) is 2.45. The predicted molar refractivity (Wildman–Crippen MR) is 65.7 cm³/mol. The van der Waals surface area contributed by atoms with Gasteiger partial charge in [-0.1, -0.05) is 35.0 Å². The molecule has 0 unspecified atom stereocenters. The fraction of sp³-hybridized carbons (Fsp3) is 0.385. The first kappa shape index (κ1) is 13.2. The van der Waals surface area contributed by atoms with Crippen LogP contribution >= 0.6 is 0 Å². The second-order valence-corrected chi connectivity index (χ2v) is 3.66. The zero-order chi connectivity index (χ0) is 12.7. The molecule has 0 aliphatic heterocycles. The van der Waals surface area contributed by atoms with Crippen molar-refractivity contribution in [2.24, 2.45) is 5.16 Å². The molecule has 92 valence electrons. The van der Waals surface area contributed by atoms with Gasteiger partial charge in [0.25, 0.3) is 0 Å². The molecule has 1 aromatic rings. The minimum absolute atomic E-state index is 0.222. The highest BCUT2D eigenvalue weighted by atomic mass is 16.6. The maximum atomic E-state index is 11.2. The Kier molecular flexibility index (Phi) is 5.20. The highest BCUT2D eigenvalue weighted by molar-refractivity contribution is 6.35. The van der Waals surface area contributed by atoms with E-state index in [2.05, 4.69) is 5.16 Å². The lowest BCUT2D eigenvalue weighted by Gasteiger charge is -2.03. The summed E-state index contributed by atoms with van der Waals surface area (Å²) in [6, 6.07) is 7.92. The SMILES string of the molecule is CCOC(=O)/C(C)=N/OCc1cccc(C)c1. The van der Waals surface area contributed by atoms with Gasteiger partial charge in [0.15, 0.2) is 5.71 Å². The van der Waals surface area contributed by atoms with E-state index in [1.54, 1.807) is 13.8 Å². The third kappa shape index (κ3) is 4.68. The first-order valence-electron chi connectivity index (χ1n) is 5.52. The molecule has 0 aliphatic carbocycles. The average Bonchev–Trinajstić information content (AvgIpc) is 2.29. The lowest BCUT2D eigenvalue weighted by atomic mass is 10.1. The molecule has 0 bridgehead atoms. The Morgan fingerprint density at radius 1 is 1.41 bits per heavy atom. The van der Waals surface area contributed by atoms with E-state index in [-0.39, 0.29) is 5.71 Å². The zero-order valence-corrected chi connectivity index (χ0v) is 10.4. The molecule has 0 aromatic heterocycles. The van der Waals surface area contributed by atoms with Crippen LogP contribution in [-0.4, -0.2) is 18.3 Å². The van der Waals surface area contributed by atoms with Gasteiger partial charge < -0.3 is 9.57 Å². The largest absolute Gasteiger partial charge is 0.461 e. The van der Waals surface area contributed by atoms with Gasteiger partial charge in [0, 0.05) is 0 Å². The van der Waals surface area contributed by atoms with Crippen molar-refractivity contribution in [3.05, 3.63) is 35.4 Å². The molecule has 0 amide bonds. The normalized spacial score (nSPS) is 11.1. The number of benzene rings is 1. The molecule has 4 heteroatoms. The van der Waals surface area contributed by atoms with E-state index in [0.717, 1.165) is 11.1 Å². The van der Waals surface area contributed by atoms with Crippen LogP contribution in [0.15, 0.2) is 29.4 Å². The van der Waals surface area contributed by atoms with Crippen molar-refractivity contribution < 1.29 is 14.4 Å². The molecule has 0 saturated carbocycles. The first-order valence-corrected chi connectivity index (χ1v) is 5.52. The number of oxime groups is 1. The molecule has 0 atom stereocenters. The van der Waals surface area contributed by atoms with Crippen LogP contribution in [0.1, 0.15) is 25.0 Å². The Morgan fingerprint density at radius 2 is 2.18 bits per heavy atom. The molecule has 0 saturated heterocycles. The summed E-state index contributed by atoms with van der Waals surface area (Å²) in [5.41, 5.74) is 2.40. The van der Waals surface area contributed by atoms with Crippen LogP contribution in [0, 0.1) is 6.92 Å². The van der Waals surface area contributed by atoms with E-state index in [1.807, 2.05) is 31.2 Å². The first-order chi connectivity index (χ1) is 8.13. The van der Waals surface area contributed by atoms with Crippen LogP contribution in [0.3, 0.4) is 0 Å². The van der Waals surface area contributed by atoms with Crippen LogP contribution in [0.25, 0.3) is 0 Å². The Labute approximate surface area is 101 Å². The quantitative estimate of drug-likeness (QED) is 0.447. The van der Waals surface area contributed by atoms with Crippen molar-refractivity contribution >= 4 is 11.7 Å². The summed E-state index contributed by atoms with van der Waals surface area (Å²) in [4.78, 5) is 16.3. The van der Waals surface area contributed by atoms with Gasteiger partial charge in [-0.05, 0) is 26.3 Å². The van der Waals surface area contributed by atoms with Crippen molar-refractivity contribution in [1.29, 1.82) is 0 Å². The fourth-order valence-corrected chi connectivity index (χ4v) is 1.28. The third-order valence-corrected chi connectivity index (χ3v) is 2.09. The Hall–Kier alpha value is -1.84. The van der Waals surface area contributed by atoms with Crippen molar-refractivity contribution in [3.8, 4) is 0 Å². The van der Waals surface area contributed by atoms with Crippen LogP contribution in [0.4, 0.5) is 0 Å². The van der Waals surface area contributed by atoms with Gasteiger partial charge in [0.2, 0.25) is 0 Å². The molecule has 0 fully saturated rings. The fourth-order valence-electron chi connectivity index (χ4n) is 1.28. The standard InChI is InChI=1S/C13H17NO3/c1-4-16-13(15)11(3)14-17-9-12-7-5-6-10(2)8-12/h5-8H,4,9H2,1-3H3/b14-11+. The maximum absolute atomic E-state index is 11.2. The average molecular weight is 235 g/mol. The van der Waals surface area contributed by atoms with Crippen molar-refractivity contribution in [2.45, 2.75) is 27.4 Å².